The van der Waals surface area contributed by atoms with Crippen LogP contribution >= 0.6 is 0 Å². The highest BCUT2D eigenvalue weighted by atomic mass is 16.2. The van der Waals surface area contributed by atoms with Gasteiger partial charge in [-0.05, 0) is 19.4 Å². The van der Waals surface area contributed by atoms with Gasteiger partial charge in [-0.3, -0.25) is 14.9 Å². The lowest BCUT2D eigenvalue weighted by atomic mass is 10.0. The van der Waals surface area contributed by atoms with Crippen LogP contribution in [-0.4, -0.2) is 15.7 Å². The molecule has 0 saturated carbocycles. The molecule has 2 unspecified atom stereocenters. The van der Waals surface area contributed by atoms with E-state index in [0.717, 1.165) is 5.56 Å². The van der Waals surface area contributed by atoms with Gasteiger partial charge in [-0.15, -0.1) is 0 Å². The van der Waals surface area contributed by atoms with Gasteiger partial charge in [0.05, 0.1) is 18.2 Å². The van der Waals surface area contributed by atoms with Gasteiger partial charge in [0.25, 0.3) is 0 Å². The van der Waals surface area contributed by atoms with Crippen molar-refractivity contribution in [3.63, 3.8) is 0 Å². The van der Waals surface area contributed by atoms with E-state index in [1.165, 1.54) is 0 Å². The molecule has 0 aliphatic rings. The van der Waals surface area contributed by atoms with Gasteiger partial charge < -0.3 is 0 Å². The van der Waals surface area contributed by atoms with E-state index in [-0.39, 0.29) is 17.9 Å². The molecule has 1 rings (SSSR count). The molecule has 3 N–H and O–H groups in total. The molecule has 0 aliphatic carbocycles. The second kappa shape index (κ2) is 4.23. The van der Waals surface area contributed by atoms with Crippen molar-refractivity contribution >= 4 is 5.91 Å². The maximum absolute atomic E-state index is 11.3. The number of rotatable bonds is 3. The molecule has 1 heterocycles. The highest BCUT2D eigenvalue weighted by molar-refractivity contribution is 5.78. The van der Waals surface area contributed by atoms with Crippen LogP contribution in [0.3, 0.4) is 0 Å². The molecule has 0 saturated heterocycles. The van der Waals surface area contributed by atoms with Crippen molar-refractivity contribution in [1.29, 1.82) is 0 Å². The molecule has 0 fully saturated rings. The molecule has 5 heteroatoms. The molecule has 1 aromatic heterocycles. The second-order valence-electron chi connectivity index (χ2n) is 3.54. The summed E-state index contributed by atoms with van der Waals surface area (Å²) in [5.41, 5.74) is 3.22. The molecule has 0 bridgehead atoms. The SMILES string of the molecule is Cc1cnn(C(C)C(C)C(=O)NN)c1. The highest BCUT2D eigenvalue weighted by Gasteiger charge is 2.21. The summed E-state index contributed by atoms with van der Waals surface area (Å²) in [5, 5.41) is 4.15. The Kier molecular flexibility index (Phi) is 3.24. The molecule has 5 nitrogen and oxygen atoms in total. The van der Waals surface area contributed by atoms with Gasteiger partial charge in [-0.1, -0.05) is 6.92 Å². The average molecular weight is 196 g/mol. The van der Waals surface area contributed by atoms with Gasteiger partial charge in [0.2, 0.25) is 5.91 Å². The van der Waals surface area contributed by atoms with Gasteiger partial charge in [0.15, 0.2) is 0 Å². The van der Waals surface area contributed by atoms with E-state index in [9.17, 15) is 4.79 Å². The summed E-state index contributed by atoms with van der Waals surface area (Å²) in [4.78, 5) is 11.3. The summed E-state index contributed by atoms with van der Waals surface area (Å²) >= 11 is 0. The van der Waals surface area contributed by atoms with E-state index in [4.69, 9.17) is 5.84 Å². The van der Waals surface area contributed by atoms with Crippen LogP contribution in [0.4, 0.5) is 0 Å². The molecule has 78 valence electrons. The largest absolute Gasteiger partial charge is 0.294 e. The Balaban J connectivity index is 2.74. The van der Waals surface area contributed by atoms with E-state index in [1.807, 2.05) is 27.0 Å². The maximum atomic E-state index is 11.3. The van der Waals surface area contributed by atoms with E-state index < -0.39 is 0 Å². The van der Waals surface area contributed by atoms with Gasteiger partial charge in [0.1, 0.15) is 0 Å². The van der Waals surface area contributed by atoms with Gasteiger partial charge in [-0.2, -0.15) is 5.10 Å². The van der Waals surface area contributed by atoms with Crippen LogP contribution in [0.1, 0.15) is 25.5 Å². The van der Waals surface area contributed by atoms with Crippen LogP contribution in [0.2, 0.25) is 0 Å². The van der Waals surface area contributed by atoms with Crippen LogP contribution in [0.15, 0.2) is 12.4 Å². The molecule has 14 heavy (non-hydrogen) atoms. The smallest absolute Gasteiger partial charge is 0.238 e. The second-order valence-corrected chi connectivity index (χ2v) is 3.54. The van der Waals surface area contributed by atoms with E-state index in [2.05, 4.69) is 10.5 Å². The summed E-state index contributed by atoms with van der Waals surface area (Å²) in [5.74, 6) is 4.69. The summed E-state index contributed by atoms with van der Waals surface area (Å²) in [6.45, 7) is 5.72. The third-order valence-electron chi connectivity index (χ3n) is 2.43. The molecule has 0 spiro atoms. The Bertz CT molecular complexity index is 320. The molecule has 0 aliphatic heterocycles. The first-order valence-corrected chi connectivity index (χ1v) is 4.57. The fourth-order valence-electron chi connectivity index (χ4n) is 1.24. The number of nitrogens with one attached hydrogen (secondary N) is 1. The molecular formula is C9H16N4O. The zero-order chi connectivity index (χ0) is 10.7. The van der Waals surface area contributed by atoms with Crippen LogP contribution in [-0.2, 0) is 4.79 Å². The van der Waals surface area contributed by atoms with Gasteiger partial charge in [-0.25, -0.2) is 5.84 Å². The van der Waals surface area contributed by atoms with E-state index >= 15 is 0 Å². The van der Waals surface area contributed by atoms with Crippen molar-refractivity contribution < 1.29 is 4.79 Å². The van der Waals surface area contributed by atoms with Crippen molar-refractivity contribution in [2.75, 3.05) is 0 Å². The van der Waals surface area contributed by atoms with Crippen molar-refractivity contribution in [2.24, 2.45) is 11.8 Å². The average Bonchev–Trinajstić information content (AvgIpc) is 2.61. The number of hydrogen-bond donors (Lipinski definition) is 2. The normalized spacial score (nSPS) is 14.9. The van der Waals surface area contributed by atoms with Crippen LogP contribution in [0, 0.1) is 12.8 Å². The minimum atomic E-state index is -0.195. The van der Waals surface area contributed by atoms with E-state index in [1.54, 1.807) is 10.9 Å². The van der Waals surface area contributed by atoms with Gasteiger partial charge in [0, 0.05) is 6.20 Å². The zero-order valence-corrected chi connectivity index (χ0v) is 8.69. The third-order valence-corrected chi connectivity index (χ3v) is 2.43. The number of aryl methyl sites for hydroxylation is 1. The Morgan fingerprint density at radius 1 is 1.64 bits per heavy atom. The van der Waals surface area contributed by atoms with Crippen LogP contribution in [0.5, 0.6) is 0 Å². The number of aromatic nitrogens is 2. The molecular weight excluding hydrogens is 180 g/mol. The molecule has 1 amide bonds. The minimum Gasteiger partial charge on any atom is -0.294 e. The molecule has 2 atom stereocenters. The number of amides is 1. The number of carbonyl (C=O) groups excluding carboxylic acids is 1. The fourth-order valence-corrected chi connectivity index (χ4v) is 1.24. The van der Waals surface area contributed by atoms with Crippen molar-refractivity contribution in [3.05, 3.63) is 18.0 Å². The lowest BCUT2D eigenvalue weighted by Gasteiger charge is -2.18. The number of carbonyl (C=O) groups is 1. The Morgan fingerprint density at radius 2 is 2.29 bits per heavy atom. The Hall–Kier alpha value is -1.36. The number of hydrogen-bond acceptors (Lipinski definition) is 3. The summed E-state index contributed by atoms with van der Waals surface area (Å²) < 4.78 is 1.77. The zero-order valence-electron chi connectivity index (χ0n) is 8.69. The first-order chi connectivity index (χ1) is 6.56. The van der Waals surface area contributed by atoms with Crippen LogP contribution in [0.25, 0.3) is 0 Å². The standard InChI is InChI=1S/C9H16N4O/c1-6-4-11-13(5-6)8(3)7(2)9(14)12-10/h4-5,7-8H,10H2,1-3H3,(H,12,14). The Labute approximate surface area is 83.2 Å². The predicted octanol–water partition coefficient (Wildman–Crippen LogP) is 0.379. The lowest BCUT2D eigenvalue weighted by molar-refractivity contribution is -0.125. The quantitative estimate of drug-likeness (QED) is 0.417. The lowest BCUT2D eigenvalue weighted by Crippen LogP contribution is -2.37. The monoisotopic (exact) mass is 196 g/mol. The molecule has 0 radical (unpaired) electrons. The predicted molar refractivity (Wildman–Crippen MR) is 53.2 cm³/mol. The minimum absolute atomic E-state index is 0.00671. The maximum Gasteiger partial charge on any atom is 0.238 e. The van der Waals surface area contributed by atoms with Gasteiger partial charge >= 0.3 is 0 Å². The van der Waals surface area contributed by atoms with Crippen LogP contribution < -0.4 is 11.3 Å². The van der Waals surface area contributed by atoms with Crippen molar-refractivity contribution in [1.82, 2.24) is 15.2 Å². The molecule has 1 aromatic rings. The number of hydrazine groups is 1. The molecule has 0 aromatic carbocycles. The third kappa shape index (κ3) is 2.11. The summed E-state index contributed by atoms with van der Waals surface area (Å²) in [6, 6.07) is 0.00671. The summed E-state index contributed by atoms with van der Waals surface area (Å²) in [7, 11) is 0. The summed E-state index contributed by atoms with van der Waals surface area (Å²) in [6.07, 6.45) is 3.68. The Morgan fingerprint density at radius 3 is 2.71 bits per heavy atom. The topological polar surface area (TPSA) is 72.9 Å². The number of nitrogens with zero attached hydrogens (tertiary/aromatic N) is 2. The first kappa shape index (κ1) is 10.7. The highest BCUT2D eigenvalue weighted by Crippen LogP contribution is 2.16. The van der Waals surface area contributed by atoms with E-state index in [0.29, 0.717) is 0 Å². The van der Waals surface area contributed by atoms with Crippen molar-refractivity contribution in [2.45, 2.75) is 26.8 Å². The number of nitrogens with two attached hydrogens (primary N) is 1. The van der Waals surface area contributed by atoms with Crippen molar-refractivity contribution in [3.8, 4) is 0 Å². The fraction of sp³-hybridized carbons (Fsp3) is 0.556. The first-order valence-electron chi connectivity index (χ1n) is 4.57.